The standard InChI is InChI=1S/C37H28BrCl2N5O6/c1-51-24-11-7-20(8-12-24)37-27(33(47)44(34(37)48)41-29-13-10-22(39)18-28(29)40)19-30-25(32(37)26-17-21(38)9-14-31(26)46)15-16-42-35(49)43(36(50)45(30)42)23-5-3-2-4-6-23/h2-15,17-18,27,30,32,41,46H,16,19H2,1H3. The Kier molecular flexibility index (Phi) is 8.01. The Hall–Kier alpha value is -5.04. The third-order valence-corrected chi connectivity index (χ3v) is 11.2. The van der Waals surface area contributed by atoms with E-state index in [0.29, 0.717) is 37.6 Å². The second-order valence-corrected chi connectivity index (χ2v) is 14.4. The Morgan fingerprint density at radius 2 is 1.67 bits per heavy atom. The number of carbonyl (C=O) groups is 2. The molecule has 0 spiro atoms. The first-order chi connectivity index (χ1) is 24.6. The number of hydrogen-bond acceptors (Lipinski definition) is 7. The molecule has 2 N–H and O–H groups in total. The van der Waals surface area contributed by atoms with Crippen LogP contribution in [0, 0.1) is 5.92 Å². The van der Waals surface area contributed by atoms with E-state index in [0.717, 1.165) is 9.58 Å². The second-order valence-electron chi connectivity index (χ2n) is 12.6. The fourth-order valence-electron chi connectivity index (χ4n) is 8.00. The molecule has 0 bridgehead atoms. The minimum absolute atomic E-state index is 0.0127. The van der Waals surface area contributed by atoms with Gasteiger partial charge in [0.1, 0.15) is 11.5 Å². The first-order valence-corrected chi connectivity index (χ1v) is 17.5. The SMILES string of the molecule is COc1ccc(C23C(=O)N(Nc4ccc(Cl)cc4Cl)C(=O)C2CC2C(=CCn4c(=O)n(-c5ccccc5)c(=O)n42)C3c2cc(Br)ccc2O)cc1. The van der Waals surface area contributed by atoms with Gasteiger partial charge in [-0.3, -0.25) is 15.0 Å². The topological polar surface area (TPSA) is 128 Å². The van der Waals surface area contributed by atoms with E-state index in [1.165, 1.54) is 28.6 Å². The van der Waals surface area contributed by atoms with Crippen LogP contribution >= 0.6 is 39.1 Å². The predicted octanol–water partition coefficient (Wildman–Crippen LogP) is 6.20. The summed E-state index contributed by atoms with van der Waals surface area (Å²) in [4.78, 5) is 58.2. The van der Waals surface area contributed by atoms with E-state index in [1.807, 2.05) is 6.08 Å². The van der Waals surface area contributed by atoms with Crippen molar-refractivity contribution in [2.75, 3.05) is 12.5 Å². The lowest BCUT2D eigenvalue weighted by Crippen LogP contribution is -2.53. The number of phenols is 1. The number of aromatic nitrogens is 3. The number of hydrazine groups is 1. The lowest BCUT2D eigenvalue weighted by atomic mass is 9.53. The number of rotatable bonds is 6. The molecule has 51 heavy (non-hydrogen) atoms. The number of phenolic OH excluding ortho intramolecular Hbond substituents is 1. The third-order valence-electron chi connectivity index (χ3n) is 10.2. The molecule has 5 aromatic rings. The summed E-state index contributed by atoms with van der Waals surface area (Å²) in [7, 11) is 1.53. The lowest BCUT2D eigenvalue weighted by Gasteiger charge is -2.49. The first-order valence-electron chi connectivity index (χ1n) is 16.0. The van der Waals surface area contributed by atoms with Crippen LogP contribution in [0.1, 0.15) is 29.5 Å². The predicted molar refractivity (Wildman–Crippen MR) is 195 cm³/mol. The minimum Gasteiger partial charge on any atom is -0.508 e. The van der Waals surface area contributed by atoms with Crippen molar-refractivity contribution in [1.82, 2.24) is 18.9 Å². The molecule has 3 aliphatic rings. The number of allylic oxidation sites excluding steroid dienone is 2. The van der Waals surface area contributed by atoms with Gasteiger partial charge < -0.3 is 9.84 Å². The number of nitrogens with zero attached hydrogens (tertiary/aromatic N) is 4. The summed E-state index contributed by atoms with van der Waals surface area (Å²) in [5.74, 6) is -2.80. The van der Waals surface area contributed by atoms with Crippen molar-refractivity contribution in [3.63, 3.8) is 0 Å². The zero-order chi connectivity index (χ0) is 35.8. The number of amides is 2. The maximum atomic E-state index is 15.3. The molecule has 1 saturated carbocycles. The van der Waals surface area contributed by atoms with Gasteiger partial charge in [0, 0.05) is 21.0 Å². The summed E-state index contributed by atoms with van der Waals surface area (Å²) in [6.07, 6.45) is 1.82. The normalized spacial score (nSPS) is 22.2. The molecule has 258 valence electrons. The molecule has 11 nitrogen and oxygen atoms in total. The molecule has 1 aromatic heterocycles. The van der Waals surface area contributed by atoms with Crippen molar-refractivity contribution in [1.29, 1.82) is 0 Å². The van der Waals surface area contributed by atoms with Crippen molar-refractivity contribution in [2.24, 2.45) is 5.92 Å². The third kappa shape index (κ3) is 4.91. The van der Waals surface area contributed by atoms with E-state index in [2.05, 4.69) is 21.4 Å². The van der Waals surface area contributed by atoms with Gasteiger partial charge in [-0.1, -0.05) is 75.5 Å². The van der Waals surface area contributed by atoms with Crippen LogP contribution in [-0.4, -0.2) is 43.0 Å². The number of anilines is 1. The van der Waals surface area contributed by atoms with E-state index in [4.69, 9.17) is 27.9 Å². The largest absolute Gasteiger partial charge is 0.508 e. The molecule has 14 heteroatoms. The number of nitrogens with one attached hydrogen (secondary N) is 1. The maximum absolute atomic E-state index is 15.3. The summed E-state index contributed by atoms with van der Waals surface area (Å²) in [6, 6.07) is 24.2. The molecule has 1 aliphatic carbocycles. The Morgan fingerprint density at radius 1 is 0.922 bits per heavy atom. The molecular formula is C37H28BrCl2N5O6. The van der Waals surface area contributed by atoms with Gasteiger partial charge in [0.05, 0.1) is 47.4 Å². The zero-order valence-electron chi connectivity index (χ0n) is 26.8. The minimum atomic E-state index is -1.63. The van der Waals surface area contributed by atoms with Crippen LogP contribution in [0.4, 0.5) is 5.69 Å². The number of para-hydroxylation sites is 1. The second kappa shape index (κ2) is 12.3. The van der Waals surface area contributed by atoms with Crippen LogP contribution < -0.4 is 21.5 Å². The molecule has 4 aromatic carbocycles. The molecule has 1 saturated heterocycles. The van der Waals surface area contributed by atoms with Crippen LogP contribution in [-0.2, 0) is 21.5 Å². The van der Waals surface area contributed by atoms with Crippen molar-refractivity contribution in [3.05, 3.63) is 149 Å². The monoisotopic (exact) mass is 787 g/mol. The number of methoxy groups -OCH3 is 1. The Balaban J connectivity index is 1.40. The quantitative estimate of drug-likeness (QED) is 0.155. The van der Waals surface area contributed by atoms with E-state index < -0.39 is 46.5 Å². The highest BCUT2D eigenvalue weighted by Crippen LogP contribution is 2.63. The van der Waals surface area contributed by atoms with E-state index >= 15 is 4.79 Å². The fraction of sp³-hybridized carbons (Fsp3) is 0.189. The molecule has 4 unspecified atom stereocenters. The van der Waals surface area contributed by atoms with Crippen molar-refractivity contribution >= 4 is 56.6 Å². The summed E-state index contributed by atoms with van der Waals surface area (Å²) in [5, 5.41) is 13.1. The lowest BCUT2D eigenvalue weighted by molar-refractivity contribution is -0.138. The molecule has 4 atom stereocenters. The van der Waals surface area contributed by atoms with Gasteiger partial charge in [0.15, 0.2) is 0 Å². The van der Waals surface area contributed by atoms with Gasteiger partial charge in [-0.25, -0.2) is 23.5 Å². The number of hydrogen-bond donors (Lipinski definition) is 2. The number of carbonyl (C=O) groups excluding carboxylic acids is 2. The van der Waals surface area contributed by atoms with Crippen LogP contribution in [0.5, 0.6) is 11.5 Å². The van der Waals surface area contributed by atoms with E-state index in [9.17, 15) is 19.5 Å². The number of aromatic hydroxyl groups is 1. The summed E-state index contributed by atoms with van der Waals surface area (Å²) in [6.45, 7) is 0.0127. The highest BCUT2D eigenvalue weighted by molar-refractivity contribution is 9.10. The van der Waals surface area contributed by atoms with E-state index in [1.54, 1.807) is 78.9 Å². The molecule has 2 amide bonds. The average molecular weight is 789 g/mol. The summed E-state index contributed by atoms with van der Waals surface area (Å²) in [5.41, 5.74) is 2.33. The van der Waals surface area contributed by atoms with Crippen molar-refractivity contribution < 1.29 is 19.4 Å². The van der Waals surface area contributed by atoms with Crippen LogP contribution in [0.3, 0.4) is 0 Å². The van der Waals surface area contributed by atoms with Gasteiger partial charge in [-0.05, 0) is 78.2 Å². The number of halogens is 3. The Bertz CT molecular complexity index is 2410. The molecular weight excluding hydrogens is 761 g/mol. The van der Waals surface area contributed by atoms with Crippen LogP contribution in [0.2, 0.25) is 10.0 Å². The molecule has 2 aliphatic heterocycles. The fourth-order valence-corrected chi connectivity index (χ4v) is 8.83. The van der Waals surface area contributed by atoms with Gasteiger partial charge in [0.25, 0.3) is 11.8 Å². The van der Waals surface area contributed by atoms with Crippen LogP contribution in [0.25, 0.3) is 5.69 Å². The zero-order valence-corrected chi connectivity index (χ0v) is 29.9. The molecule has 0 radical (unpaired) electrons. The number of fused-ring (bicyclic) bond motifs is 4. The Morgan fingerprint density at radius 3 is 2.37 bits per heavy atom. The van der Waals surface area contributed by atoms with E-state index in [-0.39, 0.29) is 29.4 Å². The average Bonchev–Trinajstić information content (AvgIpc) is 3.51. The smallest absolute Gasteiger partial charge is 0.352 e. The van der Waals surface area contributed by atoms with Gasteiger partial charge in [-0.2, -0.15) is 5.01 Å². The highest BCUT2D eigenvalue weighted by atomic mass is 79.9. The number of benzene rings is 4. The molecule has 2 fully saturated rings. The maximum Gasteiger partial charge on any atom is 0.352 e. The number of ether oxygens (including phenoxy) is 1. The van der Waals surface area contributed by atoms with Crippen molar-refractivity contribution in [2.45, 2.75) is 30.3 Å². The van der Waals surface area contributed by atoms with Gasteiger partial charge in [0.2, 0.25) is 0 Å². The molecule has 3 heterocycles. The summed E-state index contributed by atoms with van der Waals surface area (Å²) < 4.78 is 9.90. The van der Waals surface area contributed by atoms with Gasteiger partial charge in [-0.15, -0.1) is 0 Å². The molecule has 8 rings (SSSR count). The Labute approximate surface area is 309 Å². The van der Waals surface area contributed by atoms with Gasteiger partial charge >= 0.3 is 11.4 Å². The highest BCUT2D eigenvalue weighted by Gasteiger charge is 2.69. The van der Waals surface area contributed by atoms with Crippen molar-refractivity contribution in [3.8, 4) is 17.2 Å². The van der Waals surface area contributed by atoms with Crippen LogP contribution in [0.15, 0.2) is 117 Å². The number of imide groups is 1. The first kappa shape index (κ1) is 33.1. The summed E-state index contributed by atoms with van der Waals surface area (Å²) >= 11 is 16.2.